The highest BCUT2D eigenvalue weighted by Gasteiger charge is 2.32. The average molecular weight is 152 g/mol. The summed E-state index contributed by atoms with van der Waals surface area (Å²) in [6.45, 7) is 2.99. The van der Waals surface area contributed by atoms with Gasteiger partial charge in [-0.25, -0.2) is 0 Å². The molecule has 0 N–H and O–H groups in total. The Bertz CT molecular complexity index is 220. The molecule has 2 heterocycles. The monoisotopic (exact) mass is 152 g/mol. The molecule has 0 aromatic carbocycles. The van der Waals surface area contributed by atoms with Gasteiger partial charge in [0.05, 0.1) is 18.1 Å². The van der Waals surface area contributed by atoms with Crippen LogP contribution in [-0.4, -0.2) is 6.61 Å². The molecule has 0 bridgehead atoms. The van der Waals surface area contributed by atoms with E-state index < -0.39 is 0 Å². The molecule has 1 atom stereocenters. The Balaban J connectivity index is 2.27. The molecular weight excluding hydrogens is 140 g/mol. The van der Waals surface area contributed by atoms with Gasteiger partial charge in [-0.3, -0.25) is 0 Å². The first-order chi connectivity index (χ1) is 5.31. The maximum absolute atomic E-state index is 5.62. The van der Waals surface area contributed by atoms with Crippen LogP contribution in [0.15, 0.2) is 23.0 Å². The van der Waals surface area contributed by atoms with E-state index in [0.717, 1.165) is 25.0 Å². The van der Waals surface area contributed by atoms with Crippen LogP contribution in [0.2, 0.25) is 0 Å². The van der Waals surface area contributed by atoms with Crippen LogP contribution >= 0.6 is 0 Å². The fourth-order valence-electron chi connectivity index (χ4n) is 1.57. The van der Waals surface area contributed by atoms with Crippen molar-refractivity contribution in [3.05, 3.63) is 24.2 Å². The van der Waals surface area contributed by atoms with Gasteiger partial charge in [-0.2, -0.15) is 0 Å². The summed E-state index contributed by atoms with van der Waals surface area (Å²) in [5.41, 5.74) is 1.09. The Hall–Kier alpha value is -0.760. The van der Waals surface area contributed by atoms with E-state index in [1.165, 1.54) is 0 Å². The highest BCUT2D eigenvalue weighted by molar-refractivity contribution is 5.16. The number of hydrogen-bond acceptors (Lipinski definition) is 2. The summed E-state index contributed by atoms with van der Waals surface area (Å²) in [4.78, 5) is 0. The molecule has 0 amide bonds. The predicted octanol–water partition coefficient (Wildman–Crippen LogP) is 2.31. The van der Waals surface area contributed by atoms with Crippen molar-refractivity contribution < 1.29 is 9.15 Å². The zero-order chi connectivity index (χ0) is 7.73. The van der Waals surface area contributed by atoms with E-state index >= 15 is 0 Å². The van der Waals surface area contributed by atoms with Gasteiger partial charge in [-0.05, 0) is 25.8 Å². The maximum atomic E-state index is 5.62. The van der Waals surface area contributed by atoms with Crippen molar-refractivity contribution in [1.82, 2.24) is 0 Å². The second-order valence-corrected chi connectivity index (χ2v) is 3.19. The van der Waals surface area contributed by atoms with Crippen LogP contribution in [0.5, 0.6) is 0 Å². The molecule has 0 radical (unpaired) electrons. The van der Waals surface area contributed by atoms with Crippen LogP contribution in [0.3, 0.4) is 0 Å². The molecule has 1 fully saturated rings. The molecule has 1 saturated heterocycles. The van der Waals surface area contributed by atoms with Crippen molar-refractivity contribution in [3.63, 3.8) is 0 Å². The second kappa shape index (κ2) is 2.38. The Morgan fingerprint density at radius 3 is 3.00 bits per heavy atom. The van der Waals surface area contributed by atoms with E-state index in [-0.39, 0.29) is 5.60 Å². The number of ether oxygens (including phenoxy) is 1. The molecule has 0 spiro atoms. The first-order valence-electron chi connectivity index (χ1n) is 3.98. The first kappa shape index (κ1) is 6.92. The largest absolute Gasteiger partial charge is 0.472 e. The SMILES string of the molecule is CC1(c2ccoc2)CCCO1. The molecule has 0 saturated carbocycles. The second-order valence-electron chi connectivity index (χ2n) is 3.19. The van der Waals surface area contributed by atoms with Gasteiger partial charge in [0.25, 0.3) is 0 Å². The van der Waals surface area contributed by atoms with E-state index in [1.807, 2.05) is 6.07 Å². The van der Waals surface area contributed by atoms with Crippen molar-refractivity contribution in [2.75, 3.05) is 6.61 Å². The predicted molar refractivity (Wildman–Crippen MR) is 41.2 cm³/mol. The van der Waals surface area contributed by atoms with Crippen LogP contribution in [0.1, 0.15) is 25.3 Å². The van der Waals surface area contributed by atoms with E-state index in [4.69, 9.17) is 9.15 Å². The van der Waals surface area contributed by atoms with Crippen molar-refractivity contribution in [1.29, 1.82) is 0 Å². The molecule has 60 valence electrons. The van der Waals surface area contributed by atoms with Gasteiger partial charge < -0.3 is 9.15 Å². The first-order valence-corrected chi connectivity index (χ1v) is 3.98. The summed E-state index contributed by atoms with van der Waals surface area (Å²) in [5, 5.41) is 0. The number of furan rings is 1. The van der Waals surface area contributed by atoms with Gasteiger partial charge >= 0.3 is 0 Å². The van der Waals surface area contributed by atoms with Crippen LogP contribution in [0.25, 0.3) is 0 Å². The normalized spacial score (nSPS) is 31.0. The Morgan fingerprint density at radius 1 is 1.55 bits per heavy atom. The fourth-order valence-corrected chi connectivity index (χ4v) is 1.57. The minimum atomic E-state index is -0.0764. The molecule has 2 rings (SSSR count). The van der Waals surface area contributed by atoms with Crippen LogP contribution in [0, 0.1) is 0 Å². The quantitative estimate of drug-likeness (QED) is 0.616. The van der Waals surface area contributed by atoms with Gasteiger partial charge in [-0.1, -0.05) is 0 Å². The lowest BCUT2D eigenvalue weighted by Crippen LogP contribution is -2.18. The number of hydrogen-bond donors (Lipinski definition) is 0. The van der Waals surface area contributed by atoms with Crippen LogP contribution < -0.4 is 0 Å². The molecule has 1 aromatic rings. The molecule has 2 nitrogen and oxygen atoms in total. The lowest BCUT2D eigenvalue weighted by molar-refractivity contribution is 0.0164. The third-order valence-electron chi connectivity index (χ3n) is 2.35. The van der Waals surface area contributed by atoms with Crippen molar-refractivity contribution >= 4 is 0 Å². The lowest BCUT2D eigenvalue weighted by atomic mass is 9.96. The van der Waals surface area contributed by atoms with Crippen LogP contribution in [-0.2, 0) is 10.3 Å². The van der Waals surface area contributed by atoms with E-state index in [9.17, 15) is 0 Å². The minimum absolute atomic E-state index is 0.0764. The topological polar surface area (TPSA) is 22.4 Å². The molecule has 1 aliphatic heterocycles. The highest BCUT2D eigenvalue weighted by atomic mass is 16.5. The molecule has 2 heteroatoms. The smallest absolute Gasteiger partial charge is 0.0963 e. The van der Waals surface area contributed by atoms with Gasteiger partial charge in [-0.15, -0.1) is 0 Å². The van der Waals surface area contributed by atoms with Gasteiger partial charge in [0.2, 0.25) is 0 Å². The van der Waals surface area contributed by atoms with Gasteiger partial charge in [0, 0.05) is 12.2 Å². The molecule has 1 aromatic heterocycles. The molecule has 1 unspecified atom stereocenters. The Kier molecular flexibility index (Phi) is 1.50. The van der Waals surface area contributed by atoms with Crippen molar-refractivity contribution in [2.24, 2.45) is 0 Å². The zero-order valence-corrected chi connectivity index (χ0v) is 6.67. The van der Waals surface area contributed by atoms with E-state index in [0.29, 0.717) is 0 Å². The summed E-state index contributed by atoms with van der Waals surface area (Å²) in [5.74, 6) is 0. The molecule has 11 heavy (non-hydrogen) atoms. The van der Waals surface area contributed by atoms with E-state index in [1.54, 1.807) is 12.5 Å². The molecule has 0 aliphatic carbocycles. The van der Waals surface area contributed by atoms with Gasteiger partial charge in [0.1, 0.15) is 0 Å². The third kappa shape index (κ3) is 1.07. The number of rotatable bonds is 1. The summed E-state index contributed by atoms with van der Waals surface area (Å²) < 4.78 is 10.6. The lowest BCUT2D eigenvalue weighted by Gasteiger charge is -2.20. The van der Waals surface area contributed by atoms with Gasteiger partial charge in [0.15, 0.2) is 0 Å². The molecule has 1 aliphatic rings. The average Bonchev–Trinajstić information content (AvgIpc) is 2.55. The summed E-state index contributed by atoms with van der Waals surface area (Å²) >= 11 is 0. The fraction of sp³-hybridized carbons (Fsp3) is 0.556. The maximum Gasteiger partial charge on any atom is 0.0963 e. The Morgan fingerprint density at radius 2 is 2.45 bits per heavy atom. The summed E-state index contributed by atoms with van der Waals surface area (Å²) in [6.07, 6.45) is 5.72. The third-order valence-corrected chi connectivity index (χ3v) is 2.35. The van der Waals surface area contributed by atoms with Crippen molar-refractivity contribution in [2.45, 2.75) is 25.4 Å². The Labute approximate surface area is 66.2 Å². The minimum Gasteiger partial charge on any atom is -0.472 e. The zero-order valence-electron chi connectivity index (χ0n) is 6.67. The summed E-state index contributed by atoms with van der Waals surface area (Å²) in [7, 11) is 0. The van der Waals surface area contributed by atoms with Crippen molar-refractivity contribution in [3.8, 4) is 0 Å². The van der Waals surface area contributed by atoms with Crippen LogP contribution in [0.4, 0.5) is 0 Å². The molecular formula is C9H12O2. The summed E-state index contributed by atoms with van der Waals surface area (Å²) in [6, 6.07) is 1.98. The highest BCUT2D eigenvalue weighted by Crippen LogP contribution is 2.35. The standard InChI is InChI=1S/C9H12O2/c1-9(4-2-5-11-9)8-3-6-10-7-8/h3,6-7H,2,4-5H2,1H3. The van der Waals surface area contributed by atoms with E-state index in [2.05, 4.69) is 6.92 Å².